The summed E-state index contributed by atoms with van der Waals surface area (Å²) in [6.07, 6.45) is 1.63. The van der Waals surface area contributed by atoms with E-state index < -0.39 is 5.97 Å². The van der Waals surface area contributed by atoms with E-state index in [0.29, 0.717) is 0 Å². The minimum atomic E-state index is -0.953. The van der Waals surface area contributed by atoms with E-state index in [4.69, 9.17) is 0 Å². The molecule has 2 N–H and O–H groups in total. The van der Waals surface area contributed by atoms with Crippen LogP contribution >= 0.6 is 11.3 Å². The summed E-state index contributed by atoms with van der Waals surface area (Å²) in [5.41, 5.74) is 2.52. The van der Waals surface area contributed by atoms with Crippen molar-refractivity contribution in [2.75, 3.05) is 0 Å². The average molecular weight is 274 g/mol. The van der Waals surface area contributed by atoms with Crippen LogP contribution in [-0.2, 0) is 4.79 Å². The second kappa shape index (κ2) is 5.28. The molecule has 19 heavy (non-hydrogen) atoms. The van der Waals surface area contributed by atoms with Gasteiger partial charge in [0.1, 0.15) is 5.75 Å². The minimum Gasteiger partial charge on any atom is -0.507 e. The lowest BCUT2D eigenvalue weighted by atomic mass is 10.0. The van der Waals surface area contributed by atoms with Crippen molar-refractivity contribution in [3.05, 3.63) is 51.2 Å². The number of carboxylic acid groups (broad SMARTS) is 1. The molecule has 1 heterocycles. The van der Waals surface area contributed by atoms with E-state index in [1.807, 2.05) is 11.4 Å². The summed E-state index contributed by atoms with van der Waals surface area (Å²) in [4.78, 5) is 12.0. The summed E-state index contributed by atoms with van der Waals surface area (Å²) < 4.78 is 0. The number of hydrogen-bond donors (Lipinski definition) is 2. The molecule has 98 valence electrons. The maximum absolute atomic E-state index is 11.3. The number of aliphatic carboxylic acids is 1. The first-order chi connectivity index (χ1) is 8.99. The van der Waals surface area contributed by atoms with Gasteiger partial charge in [0.15, 0.2) is 0 Å². The number of phenolic OH excluding ortho intramolecular Hbond substituents is 1. The van der Waals surface area contributed by atoms with Crippen LogP contribution in [0.25, 0.3) is 11.6 Å². The highest BCUT2D eigenvalue weighted by Gasteiger charge is 2.12. The Labute approximate surface area is 115 Å². The number of phenols is 1. The smallest absolute Gasteiger partial charge is 0.337 e. The molecule has 0 aliphatic rings. The molecule has 3 nitrogen and oxygen atoms in total. The number of aromatic hydroxyl groups is 1. The lowest BCUT2D eigenvalue weighted by Gasteiger charge is -2.06. The van der Waals surface area contributed by atoms with Crippen LogP contribution < -0.4 is 0 Å². The summed E-state index contributed by atoms with van der Waals surface area (Å²) in [6.45, 7) is 3.59. The van der Waals surface area contributed by atoms with Crippen LogP contribution in [-0.4, -0.2) is 16.2 Å². The molecular formula is C15H14O3S. The summed E-state index contributed by atoms with van der Waals surface area (Å²) in [5, 5.41) is 20.9. The molecule has 2 aromatic rings. The first-order valence-electron chi connectivity index (χ1n) is 5.78. The molecule has 0 saturated carbocycles. The van der Waals surface area contributed by atoms with E-state index >= 15 is 0 Å². The Kier molecular flexibility index (Phi) is 3.71. The standard InChI is InChI=1S/C15H14O3S/c1-9-6-11(7-10(2)14(9)16)8-12(15(17)18)13-4-3-5-19-13/h3-8,16H,1-2H3,(H,17,18)/b12-8+. The van der Waals surface area contributed by atoms with E-state index in [9.17, 15) is 15.0 Å². The molecule has 0 radical (unpaired) electrons. The molecule has 0 unspecified atom stereocenters. The highest BCUT2D eigenvalue weighted by molar-refractivity contribution is 7.11. The highest BCUT2D eigenvalue weighted by atomic mass is 32.1. The van der Waals surface area contributed by atoms with Crippen LogP contribution in [0.5, 0.6) is 5.75 Å². The van der Waals surface area contributed by atoms with E-state index in [1.54, 1.807) is 38.1 Å². The molecule has 0 amide bonds. The van der Waals surface area contributed by atoms with Gasteiger partial charge >= 0.3 is 5.97 Å². The SMILES string of the molecule is Cc1cc(/C=C(/C(=O)O)c2cccs2)cc(C)c1O. The van der Waals surface area contributed by atoms with Gasteiger partial charge in [-0.1, -0.05) is 6.07 Å². The van der Waals surface area contributed by atoms with E-state index in [2.05, 4.69) is 0 Å². The monoisotopic (exact) mass is 274 g/mol. The molecule has 1 aromatic heterocycles. The summed E-state index contributed by atoms with van der Waals surface area (Å²) in [7, 11) is 0. The van der Waals surface area contributed by atoms with Crippen molar-refractivity contribution in [3.8, 4) is 5.75 Å². The third-order valence-corrected chi connectivity index (χ3v) is 3.74. The highest BCUT2D eigenvalue weighted by Crippen LogP contribution is 2.27. The Morgan fingerprint density at radius 2 is 1.89 bits per heavy atom. The predicted molar refractivity (Wildman–Crippen MR) is 77.4 cm³/mol. The Bertz CT molecular complexity index is 616. The largest absolute Gasteiger partial charge is 0.507 e. The summed E-state index contributed by atoms with van der Waals surface area (Å²) >= 11 is 1.39. The number of carbonyl (C=O) groups is 1. The maximum Gasteiger partial charge on any atom is 0.337 e. The lowest BCUT2D eigenvalue weighted by Crippen LogP contribution is -1.97. The quantitative estimate of drug-likeness (QED) is 0.839. The normalized spacial score (nSPS) is 11.6. The third-order valence-electron chi connectivity index (χ3n) is 2.84. The summed E-state index contributed by atoms with van der Waals surface area (Å²) in [5.74, 6) is -0.698. The van der Waals surface area contributed by atoms with Gasteiger partial charge in [0.2, 0.25) is 0 Å². The second-order valence-corrected chi connectivity index (χ2v) is 5.29. The second-order valence-electron chi connectivity index (χ2n) is 4.34. The fourth-order valence-electron chi connectivity index (χ4n) is 1.91. The number of aryl methyl sites for hydroxylation is 2. The zero-order valence-corrected chi connectivity index (χ0v) is 11.5. The average Bonchev–Trinajstić information content (AvgIpc) is 2.86. The van der Waals surface area contributed by atoms with Gasteiger partial charge < -0.3 is 10.2 Å². The molecule has 1 aromatic carbocycles. The number of thiophene rings is 1. The van der Waals surface area contributed by atoms with E-state index in [1.165, 1.54) is 11.3 Å². The zero-order valence-electron chi connectivity index (χ0n) is 10.7. The number of carboxylic acids is 1. The Morgan fingerprint density at radius 3 is 2.37 bits per heavy atom. The topological polar surface area (TPSA) is 57.5 Å². The first-order valence-corrected chi connectivity index (χ1v) is 6.66. The Hall–Kier alpha value is -2.07. The molecule has 0 aliphatic heterocycles. The number of hydrogen-bond acceptors (Lipinski definition) is 3. The molecule has 0 atom stereocenters. The van der Waals surface area contributed by atoms with Crippen molar-refractivity contribution < 1.29 is 15.0 Å². The first kappa shape index (κ1) is 13.4. The van der Waals surface area contributed by atoms with Gasteiger partial charge in [-0.05, 0) is 60.2 Å². The van der Waals surface area contributed by atoms with Crippen molar-refractivity contribution in [3.63, 3.8) is 0 Å². The number of rotatable bonds is 3. The molecule has 2 rings (SSSR count). The van der Waals surface area contributed by atoms with Crippen molar-refractivity contribution >= 4 is 29.0 Å². The van der Waals surface area contributed by atoms with Crippen molar-refractivity contribution in [1.82, 2.24) is 0 Å². The third kappa shape index (κ3) is 2.85. The summed E-state index contributed by atoms with van der Waals surface area (Å²) in [6, 6.07) is 7.16. The van der Waals surface area contributed by atoms with Crippen LogP contribution in [0, 0.1) is 13.8 Å². The van der Waals surface area contributed by atoms with Gasteiger partial charge in [-0.25, -0.2) is 4.79 Å². The van der Waals surface area contributed by atoms with Gasteiger partial charge in [-0.2, -0.15) is 0 Å². The van der Waals surface area contributed by atoms with Crippen LogP contribution in [0.3, 0.4) is 0 Å². The zero-order chi connectivity index (χ0) is 14.0. The van der Waals surface area contributed by atoms with Gasteiger partial charge in [0, 0.05) is 4.88 Å². The van der Waals surface area contributed by atoms with Crippen molar-refractivity contribution in [2.45, 2.75) is 13.8 Å². The van der Waals surface area contributed by atoms with Gasteiger partial charge in [0.25, 0.3) is 0 Å². The van der Waals surface area contributed by atoms with Crippen molar-refractivity contribution in [2.24, 2.45) is 0 Å². The lowest BCUT2D eigenvalue weighted by molar-refractivity contribution is -0.130. The van der Waals surface area contributed by atoms with Gasteiger partial charge in [0.05, 0.1) is 5.57 Å². The molecule has 0 aliphatic carbocycles. The van der Waals surface area contributed by atoms with Gasteiger partial charge in [-0.15, -0.1) is 11.3 Å². The molecule has 0 fully saturated rings. The molecule has 0 saturated heterocycles. The fraction of sp³-hybridized carbons (Fsp3) is 0.133. The predicted octanol–water partition coefficient (Wildman–Crippen LogP) is 3.70. The van der Waals surface area contributed by atoms with Crippen LogP contribution in [0.4, 0.5) is 0 Å². The molecule has 4 heteroatoms. The van der Waals surface area contributed by atoms with Crippen LogP contribution in [0.2, 0.25) is 0 Å². The molecule has 0 spiro atoms. The maximum atomic E-state index is 11.3. The number of benzene rings is 1. The van der Waals surface area contributed by atoms with Crippen molar-refractivity contribution in [1.29, 1.82) is 0 Å². The Morgan fingerprint density at radius 1 is 1.26 bits per heavy atom. The van der Waals surface area contributed by atoms with E-state index in [0.717, 1.165) is 21.6 Å². The van der Waals surface area contributed by atoms with Crippen LogP contribution in [0.15, 0.2) is 29.6 Å². The minimum absolute atomic E-state index is 0.255. The molecule has 0 bridgehead atoms. The Balaban J connectivity index is 2.51. The fourth-order valence-corrected chi connectivity index (χ4v) is 2.64. The van der Waals surface area contributed by atoms with E-state index in [-0.39, 0.29) is 11.3 Å². The van der Waals surface area contributed by atoms with Gasteiger partial charge in [-0.3, -0.25) is 0 Å². The van der Waals surface area contributed by atoms with Crippen LogP contribution in [0.1, 0.15) is 21.6 Å². The molecular weight excluding hydrogens is 260 g/mol.